The van der Waals surface area contributed by atoms with Crippen LogP contribution >= 0.6 is 11.6 Å². The molecule has 218 valence electrons. The number of hydrogen-bond acceptors (Lipinski definition) is 5. The lowest BCUT2D eigenvalue weighted by atomic mass is 9.60. The maximum atomic E-state index is 12.8. The van der Waals surface area contributed by atoms with Crippen molar-refractivity contribution in [3.8, 4) is 11.1 Å². The van der Waals surface area contributed by atoms with Gasteiger partial charge in [0.25, 0.3) is 0 Å². The molecule has 11 heteroatoms. The van der Waals surface area contributed by atoms with Crippen LogP contribution in [0.25, 0.3) is 22.0 Å². The van der Waals surface area contributed by atoms with Crippen LogP contribution in [-0.4, -0.2) is 99.0 Å². The summed E-state index contributed by atoms with van der Waals surface area (Å²) in [5.74, 6) is 0.892. The summed E-state index contributed by atoms with van der Waals surface area (Å²) >= 11 is 7.09. The number of piperazine rings is 1. The van der Waals surface area contributed by atoms with Gasteiger partial charge in [-0.1, -0.05) is 18.2 Å². The Kier molecular flexibility index (Phi) is 6.41. The third-order valence-electron chi connectivity index (χ3n) is 9.28. The number of fused-ring (bicyclic) bond motifs is 1. The lowest BCUT2D eigenvalue weighted by Crippen LogP contribution is -2.63. The fraction of sp³-hybridized carbons (Fsp3) is 0.533. The van der Waals surface area contributed by atoms with E-state index < -0.39 is 0 Å². The molecule has 10 nitrogen and oxygen atoms in total. The Morgan fingerprint density at radius 1 is 1.12 bits per heavy atom. The van der Waals surface area contributed by atoms with E-state index in [4.69, 9.17) is 16.7 Å². The Labute approximate surface area is 245 Å². The van der Waals surface area contributed by atoms with E-state index in [0.29, 0.717) is 24.7 Å². The molecule has 2 saturated heterocycles. The lowest BCUT2D eigenvalue weighted by molar-refractivity contribution is -0.149. The second kappa shape index (κ2) is 9.51. The average Bonchev–Trinajstić information content (AvgIpc) is 3.46. The van der Waals surface area contributed by atoms with Gasteiger partial charge in [0.05, 0.1) is 28.3 Å². The fourth-order valence-electron chi connectivity index (χ4n) is 7.20. The highest BCUT2D eigenvalue weighted by Gasteiger charge is 2.54. The van der Waals surface area contributed by atoms with Crippen molar-refractivity contribution in [1.82, 2.24) is 34.7 Å². The van der Waals surface area contributed by atoms with Crippen molar-refractivity contribution in [2.75, 3.05) is 51.7 Å². The van der Waals surface area contributed by atoms with Gasteiger partial charge in [-0.15, -0.1) is 0 Å². The molecule has 41 heavy (non-hydrogen) atoms. The first-order chi connectivity index (χ1) is 19.4. The number of urea groups is 1. The minimum atomic E-state index is -0.365. The molecule has 0 bridgehead atoms. The molecule has 2 aromatic heterocycles. The Bertz CT molecular complexity index is 1560. The number of rotatable bonds is 4. The van der Waals surface area contributed by atoms with Crippen molar-refractivity contribution < 1.29 is 9.59 Å². The van der Waals surface area contributed by atoms with E-state index >= 15 is 0 Å². The van der Waals surface area contributed by atoms with Crippen LogP contribution in [0.5, 0.6) is 0 Å². The molecule has 3 amide bonds. The SMILES string of the molecule is C=CC(=O)N1CC2(CC(n3nc(N4CCN(C(=O)N(C)C)CC4(C)C)c(-c4c(Cl)c(C)cc5[nH]ncc45)c3C)C2)C1. The van der Waals surface area contributed by atoms with E-state index in [1.54, 1.807) is 19.0 Å². The normalized spacial score (nSPS) is 19.8. The number of nitrogens with one attached hydrogen (secondary N) is 1. The van der Waals surface area contributed by atoms with Gasteiger partial charge in [-0.3, -0.25) is 14.6 Å². The van der Waals surface area contributed by atoms with Gasteiger partial charge in [-0.05, 0) is 58.2 Å². The Morgan fingerprint density at radius 3 is 2.46 bits per heavy atom. The number of aromatic amines is 1. The quantitative estimate of drug-likeness (QED) is 0.456. The Hall–Kier alpha value is -3.53. The standard InChI is InChI=1S/C30H39ClN8O2/c1-8-23(40)37-16-30(17-37)12-20(13-30)39-19(3)24(25-21-14-32-33-22(21)11-18(2)26(25)31)27(34-39)38-10-9-36(15-29(38,4)5)28(41)35(6)7/h8,11,14,20H,1,9-10,12-13,15-17H2,2-7H3,(H,32,33). The van der Waals surface area contributed by atoms with Crippen LogP contribution in [0.3, 0.4) is 0 Å². The number of hydrogen-bond donors (Lipinski definition) is 1. The van der Waals surface area contributed by atoms with Crippen LogP contribution in [0.4, 0.5) is 10.6 Å². The summed E-state index contributed by atoms with van der Waals surface area (Å²) in [6.45, 7) is 15.5. The van der Waals surface area contributed by atoms with Crippen LogP contribution in [0.15, 0.2) is 24.9 Å². The number of carbonyl (C=O) groups is 2. The van der Waals surface area contributed by atoms with Crippen LogP contribution < -0.4 is 4.90 Å². The summed E-state index contributed by atoms with van der Waals surface area (Å²) in [5, 5.41) is 14.5. The van der Waals surface area contributed by atoms with E-state index in [-0.39, 0.29) is 28.9 Å². The second-order valence-electron chi connectivity index (χ2n) is 13.0. The number of aryl methyl sites for hydroxylation is 1. The third kappa shape index (κ3) is 4.29. The number of anilines is 1. The summed E-state index contributed by atoms with van der Waals surface area (Å²) in [6, 6.07) is 2.29. The molecule has 6 rings (SSSR count). The molecule has 4 heterocycles. The van der Waals surface area contributed by atoms with Gasteiger partial charge in [0.2, 0.25) is 5.91 Å². The fourth-order valence-corrected chi connectivity index (χ4v) is 7.45. The van der Waals surface area contributed by atoms with E-state index in [1.165, 1.54) is 6.08 Å². The third-order valence-corrected chi connectivity index (χ3v) is 9.77. The highest BCUT2D eigenvalue weighted by atomic mass is 35.5. The first-order valence-electron chi connectivity index (χ1n) is 14.2. The lowest BCUT2D eigenvalue weighted by Gasteiger charge is -2.58. The van der Waals surface area contributed by atoms with Crippen LogP contribution in [0, 0.1) is 19.3 Å². The molecule has 0 atom stereocenters. The predicted octanol–water partition coefficient (Wildman–Crippen LogP) is 4.63. The van der Waals surface area contributed by atoms with Crippen molar-refractivity contribution >= 4 is 40.3 Å². The molecule has 0 radical (unpaired) electrons. The first kappa shape index (κ1) is 27.6. The smallest absolute Gasteiger partial charge is 0.319 e. The number of carbonyl (C=O) groups excluding carboxylic acids is 2. The molecule has 1 aromatic carbocycles. The molecule has 1 spiro atoms. The first-order valence-corrected chi connectivity index (χ1v) is 14.6. The van der Waals surface area contributed by atoms with Crippen molar-refractivity contribution in [1.29, 1.82) is 0 Å². The molecule has 3 aliphatic rings. The van der Waals surface area contributed by atoms with E-state index in [0.717, 1.165) is 65.0 Å². The predicted molar refractivity (Wildman–Crippen MR) is 161 cm³/mol. The molecule has 3 fully saturated rings. The number of aromatic nitrogens is 4. The summed E-state index contributed by atoms with van der Waals surface area (Å²) in [5.41, 5.74) is 4.73. The Morgan fingerprint density at radius 2 is 1.83 bits per heavy atom. The van der Waals surface area contributed by atoms with Gasteiger partial charge in [-0.25, -0.2) is 4.79 Å². The minimum absolute atomic E-state index is 0.00579. The summed E-state index contributed by atoms with van der Waals surface area (Å²) < 4.78 is 2.19. The molecule has 0 unspecified atom stereocenters. The molecule has 1 saturated carbocycles. The van der Waals surface area contributed by atoms with E-state index in [2.05, 4.69) is 47.1 Å². The largest absolute Gasteiger partial charge is 0.346 e. The van der Waals surface area contributed by atoms with Gasteiger partial charge < -0.3 is 19.6 Å². The van der Waals surface area contributed by atoms with Crippen LogP contribution in [-0.2, 0) is 4.79 Å². The van der Waals surface area contributed by atoms with E-state index in [9.17, 15) is 9.59 Å². The Balaban J connectivity index is 1.41. The maximum Gasteiger partial charge on any atom is 0.319 e. The molecule has 3 aromatic rings. The van der Waals surface area contributed by atoms with Gasteiger partial charge in [0.15, 0.2) is 5.82 Å². The highest BCUT2D eigenvalue weighted by molar-refractivity contribution is 6.36. The van der Waals surface area contributed by atoms with Gasteiger partial charge in [0, 0.05) is 74.4 Å². The van der Waals surface area contributed by atoms with E-state index in [1.807, 2.05) is 29.0 Å². The highest BCUT2D eigenvalue weighted by Crippen LogP contribution is 2.55. The number of benzene rings is 1. The molecule has 2 aliphatic heterocycles. The van der Waals surface area contributed by atoms with Crippen molar-refractivity contribution in [2.45, 2.75) is 52.1 Å². The van der Waals surface area contributed by atoms with Crippen LogP contribution in [0.1, 0.15) is 44.0 Å². The summed E-state index contributed by atoms with van der Waals surface area (Å²) in [7, 11) is 3.58. The second-order valence-corrected chi connectivity index (χ2v) is 13.3. The number of halogens is 1. The molecule has 1 N–H and O–H groups in total. The minimum Gasteiger partial charge on any atom is -0.346 e. The van der Waals surface area contributed by atoms with Crippen LogP contribution in [0.2, 0.25) is 5.02 Å². The van der Waals surface area contributed by atoms with Gasteiger partial charge in [0.1, 0.15) is 0 Å². The maximum absolute atomic E-state index is 12.8. The molecular weight excluding hydrogens is 540 g/mol. The zero-order valence-corrected chi connectivity index (χ0v) is 25.5. The zero-order valence-electron chi connectivity index (χ0n) is 24.8. The summed E-state index contributed by atoms with van der Waals surface area (Å²) in [6.07, 6.45) is 5.20. The van der Waals surface area contributed by atoms with Gasteiger partial charge in [-0.2, -0.15) is 10.2 Å². The number of nitrogens with zero attached hydrogens (tertiary/aromatic N) is 7. The number of H-pyrrole nitrogens is 1. The summed E-state index contributed by atoms with van der Waals surface area (Å²) in [4.78, 5) is 32.7. The van der Waals surface area contributed by atoms with Crippen molar-refractivity contribution in [2.24, 2.45) is 5.41 Å². The molecular formula is C30H39ClN8O2. The topological polar surface area (TPSA) is 93.6 Å². The molecule has 1 aliphatic carbocycles. The monoisotopic (exact) mass is 578 g/mol. The van der Waals surface area contributed by atoms with Gasteiger partial charge >= 0.3 is 6.03 Å². The van der Waals surface area contributed by atoms with Crippen molar-refractivity contribution in [3.05, 3.63) is 41.2 Å². The zero-order chi connectivity index (χ0) is 29.4. The number of amides is 3. The average molecular weight is 579 g/mol. The number of likely N-dealkylation sites (tertiary alicyclic amines) is 1. The van der Waals surface area contributed by atoms with Crippen molar-refractivity contribution in [3.63, 3.8) is 0 Å².